The van der Waals surface area contributed by atoms with E-state index in [1.54, 1.807) is 0 Å². The fourth-order valence-corrected chi connectivity index (χ4v) is 1.85. The largest absolute Gasteiger partial charge is 0.349 e. The number of amides is 1. The van der Waals surface area contributed by atoms with Gasteiger partial charge in [0.25, 0.3) is 5.91 Å². The summed E-state index contributed by atoms with van der Waals surface area (Å²) in [5, 5.41) is 3.03. The van der Waals surface area contributed by atoms with Crippen molar-refractivity contribution in [2.75, 3.05) is 0 Å². The number of carbonyl (C=O) groups excluding carboxylic acids is 1. The predicted molar refractivity (Wildman–Crippen MR) is 64.0 cm³/mol. The van der Waals surface area contributed by atoms with E-state index in [1.807, 2.05) is 25.1 Å². The molecule has 0 atom stereocenters. The molecule has 0 radical (unpaired) electrons. The lowest BCUT2D eigenvalue weighted by atomic mass is 9.93. The minimum atomic E-state index is 0.0512. The topological polar surface area (TPSA) is 29.1 Å². The van der Waals surface area contributed by atoms with Crippen LogP contribution in [0.2, 0.25) is 0 Å². The van der Waals surface area contributed by atoms with Gasteiger partial charge in [-0.2, -0.15) is 0 Å². The van der Waals surface area contributed by atoms with Crippen LogP contribution in [0, 0.1) is 6.92 Å². The first-order valence-corrected chi connectivity index (χ1v) is 6.03. The maximum atomic E-state index is 11.8. The average molecular weight is 268 g/mol. The lowest BCUT2D eigenvalue weighted by molar-refractivity contribution is 0.0917. The van der Waals surface area contributed by atoms with Crippen molar-refractivity contribution in [3.05, 3.63) is 33.8 Å². The standard InChI is InChI=1S/C12H14BrNO/c1-8-7-9(5-6-11(8)13)12(15)14-10-3-2-4-10/h5-7,10H,2-4H2,1H3,(H,14,15). The van der Waals surface area contributed by atoms with E-state index in [4.69, 9.17) is 0 Å². The van der Waals surface area contributed by atoms with Gasteiger partial charge in [-0.15, -0.1) is 0 Å². The second kappa shape index (κ2) is 4.35. The van der Waals surface area contributed by atoms with Crippen molar-refractivity contribution in [1.82, 2.24) is 5.32 Å². The van der Waals surface area contributed by atoms with E-state index in [-0.39, 0.29) is 5.91 Å². The van der Waals surface area contributed by atoms with Crippen LogP contribution >= 0.6 is 15.9 Å². The second-order valence-corrected chi connectivity index (χ2v) is 4.92. The quantitative estimate of drug-likeness (QED) is 0.877. The van der Waals surface area contributed by atoms with Crippen molar-refractivity contribution in [2.24, 2.45) is 0 Å². The second-order valence-electron chi connectivity index (χ2n) is 4.07. The summed E-state index contributed by atoms with van der Waals surface area (Å²) in [4.78, 5) is 11.8. The predicted octanol–water partition coefficient (Wildman–Crippen LogP) is 3.04. The first kappa shape index (κ1) is 10.7. The summed E-state index contributed by atoms with van der Waals surface area (Å²) in [6.45, 7) is 1.99. The molecule has 1 N–H and O–H groups in total. The minimum absolute atomic E-state index is 0.0512. The maximum Gasteiger partial charge on any atom is 0.251 e. The molecule has 80 valence electrons. The first-order chi connectivity index (χ1) is 7.16. The number of hydrogen-bond acceptors (Lipinski definition) is 1. The molecule has 0 heterocycles. The molecule has 1 amide bonds. The Balaban J connectivity index is 2.07. The Kier molecular flexibility index (Phi) is 3.10. The van der Waals surface area contributed by atoms with Gasteiger partial charge in [0.15, 0.2) is 0 Å². The fraction of sp³-hybridized carbons (Fsp3) is 0.417. The van der Waals surface area contributed by atoms with Crippen LogP contribution in [-0.2, 0) is 0 Å². The highest BCUT2D eigenvalue weighted by molar-refractivity contribution is 9.10. The number of carbonyl (C=O) groups is 1. The van der Waals surface area contributed by atoms with Gasteiger partial charge in [-0.25, -0.2) is 0 Å². The van der Waals surface area contributed by atoms with Gasteiger partial charge < -0.3 is 5.32 Å². The van der Waals surface area contributed by atoms with Crippen LogP contribution in [0.4, 0.5) is 0 Å². The Bertz CT molecular complexity index is 385. The Morgan fingerprint density at radius 2 is 2.20 bits per heavy atom. The molecular weight excluding hydrogens is 254 g/mol. The van der Waals surface area contributed by atoms with Crippen LogP contribution in [0.1, 0.15) is 35.2 Å². The zero-order valence-electron chi connectivity index (χ0n) is 8.72. The zero-order chi connectivity index (χ0) is 10.8. The van der Waals surface area contributed by atoms with Gasteiger partial charge in [0.1, 0.15) is 0 Å². The molecule has 1 fully saturated rings. The zero-order valence-corrected chi connectivity index (χ0v) is 10.3. The highest BCUT2D eigenvalue weighted by atomic mass is 79.9. The van der Waals surface area contributed by atoms with E-state index in [9.17, 15) is 4.79 Å². The molecule has 2 rings (SSSR count). The highest BCUT2D eigenvalue weighted by Crippen LogP contribution is 2.20. The van der Waals surface area contributed by atoms with Gasteiger partial charge in [0.2, 0.25) is 0 Å². The van der Waals surface area contributed by atoms with E-state index in [1.165, 1.54) is 6.42 Å². The summed E-state index contributed by atoms with van der Waals surface area (Å²) in [6.07, 6.45) is 3.49. The summed E-state index contributed by atoms with van der Waals surface area (Å²) in [6, 6.07) is 6.09. The number of halogens is 1. The van der Waals surface area contributed by atoms with Crippen LogP contribution < -0.4 is 5.32 Å². The molecule has 0 bridgehead atoms. The van der Waals surface area contributed by atoms with Crippen LogP contribution in [0.25, 0.3) is 0 Å². The molecular formula is C12H14BrNO. The molecule has 2 nitrogen and oxygen atoms in total. The maximum absolute atomic E-state index is 11.8. The van der Waals surface area contributed by atoms with Crippen molar-refractivity contribution < 1.29 is 4.79 Å². The Hall–Kier alpha value is -0.830. The Morgan fingerprint density at radius 1 is 1.47 bits per heavy atom. The molecule has 15 heavy (non-hydrogen) atoms. The third-order valence-corrected chi connectivity index (χ3v) is 3.75. The lowest BCUT2D eigenvalue weighted by Crippen LogP contribution is -2.39. The number of hydrogen-bond donors (Lipinski definition) is 1. The van der Waals surface area contributed by atoms with Gasteiger partial charge in [-0.05, 0) is 49.9 Å². The van der Waals surface area contributed by atoms with Gasteiger partial charge in [-0.3, -0.25) is 4.79 Å². The molecule has 0 aromatic heterocycles. The van der Waals surface area contributed by atoms with Gasteiger partial charge in [-0.1, -0.05) is 15.9 Å². The Labute approximate surface area is 98.2 Å². The smallest absolute Gasteiger partial charge is 0.251 e. The number of benzene rings is 1. The Morgan fingerprint density at radius 3 is 2.73 bits per heavy atom. The molecule has 0 spiro atoms. The number of rotatable bonds is 2. The molecule has 0 aliphatic heterocycles. The average Bonchev–Trinajstić information content (AvgIpc) is 2.15. The van der Waals surface area contributed by atoms with E-state index in [0.717, 1.165) is 28.4 Å². The molecule has 3 heteroatoms. The van der Waals surface area contributed by atoms with E-state index < -0.39 is 0 Å². The van der Waals surface area contributed by atoms with Gasteiger partial charge in [0, 0.05) is 16.1 Å². The van der Waals surface area contributed by atoms with Crippen LogP contribution in [0.15, 0.2) is 22.7 Å². The van der Waals surface area contributed by atoms with Crippen LogP contribution in [0.3, 0.4) is 0 Å². The molecule has 1 aliphatic rings. The van der Waals surface area contributed by atoms with Crippen molar-refractivity contribution >= 4 is 21.8 Å². The third-order valence-electron chi connectivity index (χ3n) is 2.86. The molecule has 1 aliphatic carbocycles. The lowest BCUT2D eigenvalue weighted by Gasteiger charge is -2.26. The van der Waals surface area contributed by atoms with E-state index in [2.05, 4.69) is 21.2 Å². The summed E-state index contributed by atoms with van der Waals surface area (Å²) in [5.41, 5.74) is 1.85. The molecule has 0 unspecified atom stereocenters. The van der Waals surface area contributed by atoms with Gasteiger partial charge in [0.05, 0.1) is 0 Å². The monoisotopic (exact) mass is 267 g/mol. The summed E-state index contributed by atoms with van der Waals surface area (Å²) in [7, 11) is 0. The van der Waals surface area contributed by atoms with E-state index in [0.29, 0.717) is 6.04 Å². The summed E-state index contributed by atoms with van der Waals surface area (Å²) in [5.74, 6) is 0.0512. The summed E-state index contributed by atoms with van der Waals surface area (Å²) < 4.78 is 1.04. The van der Waals surface area contributed by atoms with Crippen LogP contribution in [-0.4, -0.2) is 11.9 Å². The van der Waals surface area contributed by atoms with E-state index >= 15 is 0 Å². The molecule has 0 saturated heterocycles. The first-order valence-electron chi connectivity index (χ1n) is 5.24. The van der Waals surface area contributed by atoms with Crippen molar-refractivity contribution in [1.29, 1.82) is 0 Å². The molecule has 1 aromatic rings. The summed E-state index contributed by atoms with van der Waals surface area (Å²) >= 11 is 3.42. The fourth-order valence-electron chi connectivity index (χ4n) is 1.61. The molecule has 1 saturated carbocycles. The highest BCUT2D eigenvalue weighted by Gasteiger charge is 2.20. The third kappa shape index (κ3) is 2.40. The minimum Gasteiger partial charge on any atom is -0.349 e. The van der Waals surface area contributed by atoms with Crippen LogP contribution in [0.5, 0.6) is 0 Å². The van der Waals surface area contributed by atoms with Crippen molar-refractivity contribution in [3.8, 4) is 0 Å². The van der Waals surface area contributed by atoms with Gasteiger partial charge >= 0.3 is 0 Å². The number of nitrogens with one attached hydrogen (secondary N) is 1. The normalized spacial score (nSPS) is 15.9. The SMILES string of the molecule is Cc1cc(C(=O)NC2CCC2)ccc1Br. The molecule has 1 aromatic carbocycles. The number of aryl methyl sites for hydroxylation is 1. The van der Waals surface area contributed by atoms with Crippen molar-refractivity contribution in [2.45, 2.75) is 32.2 Å². The van der Waals surface area contributed by atoms with Crippen molar-refractivity contribution in [3.63, 3.8) is 0 Å².